The molecule has 1 unspecified atom stereocenters. The minimum atomic E-state index is -0.668. The SMILES string of the molecule is Cc1cccc(Cc2cncc(C(O)C=Cc3c(C)cccc3C)c2)c1. The van der Waals surface area contributed by atoms with Crippen molar-refractivity contribution in [2.45, 2.75) is 33.3 Å². The van der Waals surface area contributed by atoms with Crippen molar-refractivity contribution >= 4 is 6.08 Å². The van der Waals surface area contributed by atoms with Gasteiger partial charge in [-0.2, -0.15) is 0 Å². The first-order chi connectivity index (χ1) is 12.5. The molecule has 0 aliphatic carbocycles. The maximum absolute atomic E-state index is 10.6. The molecule has 1 aromatic heterocycles. The molecule has 132 valence electrons. The molecule has 26 heavy (non-hydrogen) atoms. The van der Waals surface area contributed by atoms with Crippen LogP contribution in [0.1, 0.15) is 45.0 Å². The summed E-state index contributed by atoms with van der Waals surface area (Å²) in [5, 5.41) is 10.6. The Morgan fingerprint density at radius 3 is 2.38 bits per heavy atom. The molecule has 3 aromatic rings. The highest BCUT2D eigenvalue weighted by Gasteiger charge is 2.07. The smallest absolute Gasteiger partial charge is 0.0990 e. The van der Waals surface area contributed by atoms with E-state index in [2.05, 4.69) is 68.2 Å². The van der Waals surface area contributed by atoms with Crippen LogP contribution in [-0.2, 0) is 6.42 Å². The van der Waals surface area contributed by atoms with Crippen molar-refractivity contribution in [1.29, 1.82) is 0 Å². The fourth-order valence-electron chi connectivity index (χ4n) is 3.21. The number of benzene rings is 2. The summed E-state index contributed by atoms with van der Waals surface area (Å²) < 4.78 is 0. The zero-order chi connectivity index (χ0) is 18.5. The number of pyridine rings is 1. The molecular formula is C24H25NO. The van der Waals surface area contributed by atoms with Crippen molar-refractivity contribution in [2.24, 2.45) is 0 Å². The molecule has 0 fully saturated rings. The summed E-state index contributed by atoms with van der Waals surface area (Å²) in [5.41, 5.74) is 8.01. The van der Waals surface area contributed by atoms with Crippen LogP contribution in [0.15, 0.2) is 67.0 Å². The van der Waals surface area contributed by atoms with E-state index in [0.29, 0.717) is 0 Å². The number of aryl methyl sites for hydroxylation is 3. The van der Waals surface area contributed by atoms with Gasteiger partial charge in [-0.3, -0.25) is 4.98 Å². The molecule has 2 heteroatoms. The van der Waals surface area contributed by atoms with Gasteiger partial charge in [0.1, 0.15) is 0 Å². The standard InChI is InChI=1S/C24H25NO/c1-17-6-4-9-20(12-17)13-21-14-22(16-25-15-21)24(26)11-10-23-18(2)7-5-8-19(23)3/h4-12,14-16,24,26H,13H2,1-3H3. The van der Waals surface area contributed by atoms with Crippen molar-refractivity contribution in [3.63, 3.8) is 0 Å². The van der Waals surface area contributed by atoms with Crippen LogP contribution < -0.4 is 0 Å². The van der Waals surface area contributed by atoms with E-state index in [-0.39, 0.29) is 0 Å². The second-order valence-electron chi connectivity index (χ2n) is 6.90. The van der Waals surface area contributed by atoms with Crippen LogP contribution >= 0.6 is 0 Å². The van der Waals surface area contributed by atoms with Crippen molar-refractivity contribution in [3.8, 4) is 0 Å². The Bertz CT molecular complexity index is 907. The monoisotopic (exact) mass is 343 g/mol. The first-order valence-electron chi connectivity index (χ1n) is 8.95. The quantitative estimate of drug-likeness (QED) is 0.678. The van der Waals surface area contributed by atoms with Crippen LogP contribution in [0.3, 0.4) is 0 Å². The average molecular weight is 343 g/mol. The molecule has 3 rings (SSSR count). The van der Waals surface area contributed by atoms with Gasteiger partial charge >= 0.3 is 0 Å². The van der Waals surface area contributed by atoms with Crippen LogP contribution in [0.2, 0.25) is 0 Å². The van der Waals surface area contributed by atoms with E-state index in [1.807, 2.05) is 24.4 Å². The Labute approximate surface area is 155 Å². The summed E-state index contributed by atoms with van der Waals surface area (Å²) in [5.74, 6) is 0. The van der Waals surface area contributed by atoms with Gasteiger partial charge in [-0.05, 0) is 61.1 Å². The molecule has 2 aromatic carbocycles. The number of nitrogens with zero attached hydrogens (tertiary/aromatic N) is 1. The fraction of sp³-hybridized carbons (Fsp3) is 0.208. The third-order valence-electron chi connectivity index (χ3n) is 4.64. The van der Waals surface area contributed by atoms with Crippen molar-refractivity contribution in [2.75, 3.05) is 0 Å². The van der Waals surface area contributed by atoms with Gasteiger partial charge in [0, 0.05) is 18.0 Å². The van der Waals surface area contributed by atoms with Crippen molar-refractivity contribution < 1.29 is 5.11 Å². The second kappa shape index (κ2) is 8.11. The van der Waals surface area contributed by atoms with Gasteiger partial charge in [0.25, 0.3) is 0 Å². The third kappa shape index (κ3) is 4.47. The number of rotatable bonds is 5. The number of aliphatic hydroxyl groups is 1. The summed E-state index contributed by atoms with van der Waals surface area (Å²) >= 11 is 0. The molecule has 0 spiro atoms. The van der Waals surface area contributed by atoms with Crippen LogP contribution in [0.25, 0.3) is 6.08 Å². The van der Waals surface area contributed by atoms with Crippen molar-refractivity contribution in [3.05, 3.63) is 106 Å². The Morgan fingerprint density at radius 2 is 1.65 bits per heavy atom. The number of hydrogen-bond acceptors (Lipinski definition) is 2. The van der Waals surface area contributed by atoms with E-state index < -0.39 is 6.10 Å². The topological polar surface area (TPSA) is 33.1 Å². The fourth-order valence-corrected chi connectivity index (χ4v) is 3.21. The highest BCUT2D eigenvalue weighted by atomic mass is 16.3. The molecule has 1 heterocycles. The molecular weight excluding hydrogens is 318 g/mol. The normalized spacial score (nSPS) is 12.5. The molecule has 0 aliphatic heterocycles. The molecule has 1 N–H and O–H groups in total. The minimum absolute atomic E-state index is 0.668. The Kier molecular flexibility index (Phi) is 5.65. The van der Waals surface area contributed by atoms with Gasteiger partial charge in [0.2, 0.25) is 0 Å². The molecule has 0 saturated heterocycles. The summed E-state index contributed by atoms with van der Waals surface area (Å²) in [4.78, 5) is 4.32. The van der Waals surface area contributed by atoms with Crippen LogP contribution in [0, 0.1) is 20.8 Å². The average Bonchev–Trinajstić information content (AvgIpc) is 2.61. The van der Waals surface area contributed by atoms with E-state index in [1.54, 1.807) is 6.20 Å². The van der Waals surface area contributed by atoms with E-state index in [0.717, 1.165) is 23.1 Å². The van der Waals surface area contributed by atoms with Crippen molar-refractivity contribution in [1.82, 2.24) is 4.98 Å². The molecule has 0 bridgehead atoms. The second-order valence-corrected chi connectivity index (χ2v) is 6.90. The summed E-state index contributed by atoms with van der Waals surface area (Å²) in [6.07, 6.45) is 7.59. The number of aromatic nitrogens is 1. The lowest BCUT2D eigenvalue weighted by atomic mass is 10.00. The lowest BCUT2D eigenvalue weighted by Gasteiger charge is -2.10. The van der Waals surface area contributed by atoms with Crippen LogP contribution in [0.5, 0.6) is 0 Å². The molecule has 1 atom stereocenters. The van der Waals surface area contributed by atoms with E-state index in [4.69, 9.17) is 0 Å². The van der Waals surface area contributed by atoms with E-state index >= 15 is 0 Å². The molecule has 0 aliphatic rings. The lowest BCUT2D eigenvalue weighted by Crippen LogP contribution is -1.98. The maximum atomic E-state index is 10.6. The first-order valence-corrected chi connectivity index (χ1v) is 8.95. The van der Waals surface area contributed by atoms with Gasteiger partial charge in [0.15, 0.2) is 0 Å². The van der Waals surface area contributed by atoms with E-state index in [9.17, 15) is 5.11 Å². The highest BCUT2D eigenvalue weighted by Crippen LogP contribution is 2.21. The Balaban J connectivity index is 1.78. The molecule has 0 radical (unpaired) electrons. The molecule has 0 saturated carbocycles. The van der Waals surface area contributed by atoms with Gasteiger partial charge in [-0.1, -0.05) is 60.2 Å². The maximum Gasteiger partial charge on any atom is 0.0990 e. The first kappa shape index (κ1) is 18.1. The molecule has 2 nitrogen and oxygen atoms in total. The summed E-state index contributed by atoms with van der Waals surface area (Å²) in [6, 6.07) is 16.7. The zero-order valence-electron chi connectivity index (χ0n) is 15.6. The van der Waals surface area contributed by atoms with E-state index in [1.165, 1.54) is 22.3 Å². The third-order valence-corrected chi connectivity index (χ3v) is 4.64. The van der Waals surface area contributed by atoms with Crippen LogP contribution in [0.4, 0.5) is 0 Å². The Morgan fingerprint density at radius 1 is 0.923 bits per heavy atom. The predicted molar refractivity (Wildman–Crippen MR) is 108 cm³/mol. The summed E-state index contributed by atoms with van der Waals surface area (Å²) in [7, 11) is 0. The minimum Gasteiger partial charge on any atom is -0.384 e. The van der Waals surface area contributed by atoms with Crippen LogP contribution in [-0.4, -0.2) is 10.1 Å². The van der Waals surface area contributed by atoms with Gasteiger partial charge in [-0.15, -0.1) is 0 Å². The van der Waals surface area contributed by atoms with Gasteiger partial charge in [-0.25, -0.2) is 0 Å². The predicted octanol–water partition coefficient (Wildman–Crippen LogP) is 5.34. The number of aliphatic hydroxyl groups excluding tert-OH is 1. The Hall–Kier alpha value is -2.71. The van der Waals surface area contributed by atoms with Gasteiger partial charge < -0.3 is 5.11 Å². The largest absolute Gasteiger partial charge is 0.384 e. The number of hydrogen-bond donors (Lipinski definition) is 1. The zero-order valence-corrected chi connectivity index (χ0v) is 15.6. The molecule has 0 amide bonds. The highest BCUT2D eigenvalue weighted by molar-refractivity contribution is 5.58. The lowest BCUT2D eigenvalue weighted by molar-refractivity contribution is 0.229. The summed E-state index contributed by atoms with van der Waals surface area (Å²) in [6.45, 7) is 6.27. The van der Waals surface area contributed by atoms with Gasteiger partial charge in [0.05, 0.1) is 6.10 Å².